The summed E-state index contributed by atoms with van der Waals surface area (Å²) >= 11 is 10.0. The first kappa shape index (κ1) is 14.3. The highest BCUT2D eigenvalue weighted by Gasteiger charge is 2.22. The van der Waals surface area contributed by atoms with Crippen molar-refractivity contribution in [3.8, 4) is 0 Å². The third kappa shape index (κ3) is 2.48. The lowest BCUT2D eigenvalue weighted by Crippen LogP contribution is -2.08. The number of benzene rings is 1. The van der Waals surface area contributed by atoms with Gasteiger partial charge in [-0.2, -0.15) is 5.10 Å². The van der Waals surface area contributed by atoms with E-state index in [1.165, 1.54) is 0 Å². The molecule has 1 unspecified atom stereocenters. The van der Waals surface area contributed by atoms with E-state index in [0.717, 1.165) is 46.8 Å². The fourth-order valence-electron chi connectivity index (χ4n) is 2.63. The summed E-state index contributed by atoms with van der Waals surface area (Å²) < 4.78 is 8.57. The van der Waals surface area contributed by atoms with Gasteiger partial charge in [0.15, 0.2) is 6.23 Å². The number of hydrogen-bond donors (Lipinski definition) is 1. The standard InChI is InChI=1S/C14H16BrClN2O2/c15-14-9(3-1-5-19)11(16)7-12-10(14)8-17-18(12)13-4-2-6-20-13/h7-8,13,19H,1-6H2. The number of hydrogen-bond acceptors (Lipinski definition) is 3. The Morgan fingerprint density at radius 2 is 2.40 bits per heavy atom. The van der Waals surface area contributed by atoms with Gasteiger partial charge in [-0.15, -0.1) is 0 Å². The molecular weight excluding hydrogens is 344 g/mol. The maximum Gasteiger partial charge on any atom is 0.150 e. The van der Waals surface area contributed by atoms with Gasteiger partial charge in [-0.1, -0.05) is 11.6 Å². The van der Waals surface area contributed by atoms with Crippen molar-refractivity contribution in [1.82, 2.24) is 9.78 Å². The smallest absolute Gasteiger partial charge is 0.150 e. The van der Waals surface area contributed by atoms with Crippen LogP contribution >= 0.6 is 27.5 Å². The Labute approximate surface area is 130 Å². The predicted octanol–water partition coefficient (Wildman–Crippen LogP) is 3.69. The van der Waals surface area contributed by atoms with Crippen molar-refractivity contribution in [1.29, 1.82) is 0 Å². The topological polar surface area (TPSA) is 47.3 Å². The normalized spacial score (nSPS) is 19.1. The first-order chi connectivity index (χ1) is 9.72. The molecule has 1 aliphatic heterocycles. The van der Waals surface area contributed by atoms with Crippen LogP contribution in [0, 0.1) is 0 Å². The van der Waals surface area contributed by atoms with Crippen molar-refractivity contribution < 1.29 is 9.84 Å². The van der Waals surface area contributed by atoms with Crippen LogP contribution in [-0.2, 0) is 11.2 Å². The molecule has 3 rings (SSSR count). The van der Waals surface area contributed by atoms with E-state index in [1.807, 2.05) is 16.9 Å². The minimum Gasteiger partial charge on any atom is -0.396 e. The molecule has 2 aromatic rings. The zero-order valence-corrected chi connectivity index (χ0v) is 13.3. The van der Waals surface area contributed by atoms with Crippen LogP contribution in [0.3, 0.4) is 0 Å². The second-order valence-electron chi connectivity index (χ2n) is 4.97. The minimum absolute atomic E-state index is 0.0127. The number of nitrogens with zero attached hydrogens (tertiary/aromatic N) is 2. The Hall–Kier alpha value is -0.620. The highest BCUT2D eigenvalue weighted by atomic mass is 79.9. The molecule has 1 atom stereocenters. The van der Waals surface area contributed by atoms with E-state index in [4.69, 9.17) is 21.4 Å². The van der Waals surface area contributed by atoms with Crippen LogP contribution in [0.5, 0.6) is 0 Å². The number of ether oxygens (including phenoxy) is 1. The molecule has 0 aliphatic carbocycles. The molecule has 4 nitrogen and oxygen atoms in total. The largest absolute Gasteiger partial charge is 0.396 e. The first-order valence-corrected chi connectivity index (χ1v) is 7.96. The average Bonchev–Trinajstić information content (AvgIpc) is 3.06. The molecule has 0 spiro atoms. The van der Waals surface area contributed by atoms with Crippen molar-refractivity contribution in [2.75, 3.05) is 13.2 Å². The van der Waals surface area contributed by atoms with E-state index >= 15 is 0 Å². The van der Waals surface area contributed by atoms with E-state index in [0.29, 0.717) is 11.4 Å². The van der Waals surface area contributed by atoms with Gasteiger partial charge in [0.2, 0.25) is 0 Å². The summed E-state index contributed by atoms with van der Waals surface area (Å²) in [5.74, 6) is 0. The molecule has 1 saturated heterocycles. The molecule has 2 heterocycles. The second kappa shape index (κ2) is 6.02. The van der Waals surface area contributed by atoms with Gasteiger partial charge in [0.05, 0.1) is 11.7 Å². The molecule has 1 aromatic carbocycles. The van der Waals surface area contributed by atoms with E-state index in [2.05, 4.69) is 21.0 Å². The van der Waals surface area contributed by atoms with Crippen LogP contribution in [-0.4, -0.2) is 28.1 Å². The van der Waals surface area contributed by atoms with Crippen molar-refractivity contribution in [2.24, 2.45) is 0 Å². The molecule has 20 heavy (non-hydrogen) atoms. The fourth-order valence-corrected chi connectivity index (χ4v) is 3.75. The molecule has 0 radical (unpaired) electrons. The summed E-state index contributed by atoms with van der Waals surface area (Å²) in [5, 5.41) is 15.2. The summed E-state index contributed by atoms with van der Waals surface area (Å²) in [6.45, 7) is 0.950. The van der Waals surface area contributed by atoms with E-state index in [1.54, 1.807) is 0 Å². The van der Waals surface area contributed by atoms with Gasteiger partial charge in [-0.3, -0.25) is 0 Å². The average molecular weight is 360 g/mol. The Balaban J connectivity index is 2.06. The molecule has 108 valence electrons. The molecule has 0 bridgehead atoms. The summed E-state index contributed by atoms with van der Waals surface area (Å²) in [5.41, 5.74) is 2.02. The zero-order chi connectivity index (χ0) is 14.1. The van der Waals surface area contributed by atoms with Crippen molar-refractivity contribution in [3.05, 3.63) is 27.3 Å². The molecule has 1 aliphatic rings. The Morgan fingerprint density at radius 3 is 3.10 bits per heavy atom. The highest BCUT2D eigenvalue weighted by Crippen LogP contribution is 2.36. The minimum atomic E-state index is 0.0127. The fraction of sp³-hybridized carbons (Fsp3) is 0.500. The van der Waals surface area contributed by atoms with Crippen LogP contribution in [0.4, 0.5) is 0 Å². The van der Waals surface area contributed by atoms with Crippen molar-refractivity contribution in [3.63, 3.8) is 0 Å². The van der Waals surface area contributed by atoms with E-state index in [9.17, 15) is 0 Å². The molecule has 1 fully saturated rings. The van der Waals surface area contributed by atoms with Crippen LogP contribution < -0.4 is 0 Å². The Morgan fingerprint density at radius 1 is 1.55 bits per heavy atom. The van der Waals surface area contributed by atoms with Crippen LogP contribution in [0.25, 0.3) is 10.9 Å². The van der Waals surface area contributed by atoms with Gasteiger partial charge in [0.25, 0.3) is 0 Å². The number of aromatic nitrogens is 2. The number of aliphatic hydroxyl groups excluding tert-OH is 1. The lowest BCUT2D eigenvalue weighted by Gasteiger charge is -2.13. The maximum atomic E-state index is 8.98. The van der Waals surface area contributed by atoms with E-state index < -0.39 is 0 Å². The van der Waals surface area contributed by atoms with Gasteiger partial charge in [-0.05, 0) is 53.2 Å². The third-order valence-corrected chi connectivity index (χ3v) is 4.89. The lowest BCUT2D eigenvalue weighted by atomic mass is 10.1. The first-order valence-electron chi connectivity index (χ1n) is 6.79. The van der Waals surface area contributed by atoms with Gasteiger partial charge in [-0.25, -0.2) is 4.68 Å². The number of fused-ring (bicyclic) bond motifs is 1. The molecule has 1 aromatic heterocycles. The Bertz CT molecular complexity index is 623. The maximum absolute atomic E-state index is 8.98. The van der Waals surface area contributed by atoms with Crippen molar-refractivity contribution in [2.45, 2.75) is 31.9 Å². The summed E-state index contributed by atoms with van der Waals surface area (Å²) in [4.78, 5) is 0. The molecule has 0 amide bonds. The molecule has 0 saturated carbocycles. The van der Waals surface area contributed by atoms with Gasteiger partial charge >= 0.3 is 0 Å². The number of aliphatic hydroxyl groups is 1. The Kier molecular flexibility index (Phi) is 4.31. The van der Waals surface area contributed by atoms with Gasteiger partial charge in [0.1, 0.15) is 0 Å². The second-order valence-corrected chi connectivity index (χ2v) is 6.17. The molecular formula is C14H16BrClN2O2. The van der Waals surface area contributed by atoms with E-state index in [-0.39, 0.29) is 12.8 Å². The molecule has 1 N–H and O–H groups in total. The van der Waals surface area contributed by atoms with Crippen molar-refractivity contribution >= 4 is 38.4 Å². The van der Waals surface area contributed by atoms with Gasteiger partial charge in [0, 0.05) is 28.1 Å². The van der Waals surface area contributed by atoms with Crippen LogP contribution in [0.15, 0.2) is 16.7 Å². The highest BCUT2D eigenvalue weighted by molar-refractivity contribution is 9.10. The quantitative estimate of drug-likeness (QED) is 0.905. The number of halogens is 2. The zero-order valence-electron chi connectivity index (χ0n) is 11.0. The monoisotopic (exact) mass is 358 g/mol. The third-order valence-electron chi connectivity index (χ3n) is 3.65. The summed E-state index contributed by atoms with van der Waals surface area (Å²) in [6, 6.07) is 1.95. The summed E-state index contributed by atoms with van der Waals surface area (Å²) in [6.07, 6.45) is 5.35. The lowest BCUT2D eigenvalue weighted by molar-refractivity contribution is 0.0503. The van der Waals surface area contributed by atoms with Gasteiger partial charge < -0.3 is 9.84 Å². The van der Waals surface area contributed by atoms with Crippen LogP contribution in [0.2, 0.25) is 5.02 Å². The summed E-state index contributed by atoms with van der Waals surface area (Å²) in [7, 11) is 0. The predicted molar refractivity (Wildman–Crippen MR) is 82.1 cm³/mol. The van der Waals surface area contributed by atoms with Crippen LogP contribution in [0.1, 0.15) is 31.1 Å². The number of rotatable bonds is 4. The SMILES string of the molecule is OCCCc1c(Cl)cc2c(cnn2C2CCCO2)c1Br. The molecule has 6 heteroatoms.